The van der Waals surface area contributed by atoms with E-state index in [-0.39, 0.29) is 10.8 Å². The van der Waals surface area contributed by atoms with Gasteiger partial charge in [-0.3, -0.25) is 4.79 Å². The SMILES string of the molecule is CC(=O)c1ccc(S(C)(=O)=O)n1CCBr. The molecule has 0 aliphatic rings. The Kier molecular flexibility index (Phi) is 3.72. The summed E-state index contributed by atoms with van der Waals surface area (Å²) in [5, 5.41) is 0.789. The van der Waals surface area contributed by atoms with Crippen molar-refractivity contribution in [3.63, 3.8) is 0 Å². The molecule has 0 bridgehead atoms. The Bertz CT molecular complexity index is 476. The van der Waals surface area contributed by atoms with E-state index in [0.717, 1.165) is 6.26 Å². The van der Waals surface area contributed by atoms with Crippen LogP contribution in [0.1, 0.15) is 17.4 Å². The quantitative estimate of drug-likeness (QED) is 0.624. The number of aromatic nitrogens is 1. The minimum absolute atomic E-state index is 0.133. The Morgan fingerprint density at radius 3 is 2.47 bits per heavy atom. The van der Waals surface area contributed by atoms with Crippen LogP contribution < -0.4 is 0 Å². The largest absolute Gasteiger partial charge is 0.328 e. The number of nitrogens with zero attached hydrogens (tertiary/aromatic N) is 1. The van der Waals surface area contributed by atoms with Gasteiger partial charge in [0.2, 0.25) is 0 Å². The molecular formula is C9H12BrNO3S. The molecule has 4 nitrogen and oxygen atoms in total. The van der Waals surface area contributed by atoms with Gasteiger partial charge in [-0.2, -0.15) is 0 Å². The second-order valence-corrected chi connectivity index (χ2v) is 5.98. The average molecular weight is 294 g/mol. The number of carbonyl (C=O) groups excluding carboxylic acids is 1. The predicted molar refractivity (Wildman–Crippen MR) is 61.3 cm³/mol. The second kappa shape index (κ2) is 4.49. The third-order valence-electron chi connectivity index (χ3n) is 1.99. The van der Waals surface area contributed by atoms with Crippen LogP contribution in [0, 0.1) is 0 Å². The Balaban J connectivity index is 3.37. The summed E-state index contributed by atoms with van der Waals surface area (Å²) in [6.45, 7) is 1.89. The third kappa shape index (κ3) is 2.69. The fourth-order valence-electron chi connectivity index (χ4n) is 1.40. The summed E-state index contributed by atoms with van der Waals surface area (Å²) in [5.74, 6) is -0.133. The number of hydrogen-bond donors (Lipinski definition) is 0. The molecule has 0 amide bonds. The van der Waals surface area contributed by atoms with E-state index >= 15 is 0 Å². The van der Waals surface area contributed by atoms with Crippen LogP contribution in [0.5, 0.6) is 0 Å². The monoisotopic (exact) mass is 293 g/mol. The maximum absolute atomic E-state index is 11.4. The second-order valence-electron chi connectivity index (χ2n) is 3.23. The van der Waals surface area contributed by atoms with Crippen LogP contribution in [-0.2, 0) is 16.4 Å². The van der Waals surface area contributed by atoms with Gasteiger partial charge < -0.3 is 4.57 Å². The van der Waals surface area contributed by atoms with Gasteiger partial charge in [0.25, 0.3) is 0 Å². The van der Waals surface area contributed by atoms with Crippen molar-refractivity contribution in [2.45, 2.75) is 18.5 Å². The number of carbonyl (C=O) groups is 1. The summed E-state index contributed by atoms with van der Waals surface area (Å²) in [4.78, 5) is 11.3. The first-order chi connectivity index (χ1) is 6.88. The molecule has 1 aromatic heterocycles. The molecule has 0 saturated carbocycles. The summed E-state index contributed by atoms with van der Waals surface area (Å²) >= 11 is 3.23. The molecule has 0 aliphatic heterocycles. The number of ketones is 1. The van der Waals surface area contributed by atoms with Gasteiger partial charge in [-0.1, -0.05) is 15.9 Å². The smallest absolute Gasteiger partial charge is 0.190 e. The Morgan fingerprint density at radius 1 is 1.47 bits per heavy atom. The van der Waals surface area contributed by atoms with Crippen LogP contribution in [0.4, 0.5) is 0 Å². The minimum atomic E-state index is -3.28. The van der Waals surface area contributed by atoms with Gasteiger partial charge >= 0.3 is 0 Å². The van der Waals surface area contributed by atoms with E-state index in [1.54, 1.807) is 6.07 Å². The highest BCUT2D eigenvalue weighted by atomic mass is 79.9. The molecule has 0 spiro atoms. The maximum atomic E-state index is 11.4. The van der Waals surface area contributed by atoms with Crippen molar-refractivity contribution in [1.82, 2.24) is 4.57 Å². The average Bonchev–Trinajstić information content (AvgIpc) is 2.47. The van der Waals surface area contributed by atoms with Crippen LogP contribution in [0.15, 0.2) is 17.2 Å². The van der Waals surface area contributed by atoms with Gasteiger partial charge in [0.1, 0.15) is 5.03 Å². The lowest BCUT2D eigenvalue weighted by Gasteiger charge is -2.08. The first-order valence-corrected chi connectivity index (χ1v) is 7.35. The summed E-state index contributed by atoms with van der Waals surface area (Å²) in [5.41, 5.74) is 0.426. The van der Waals surface area contributed by atoms with Crippen molar-refractivity contribution < 1.29 is 13.2 Å². The summed E-state index contributed by atoms with van der Waals surface area (Å²) in [6, 6.07) is 3.01. The Morgan fingerprint density at radius 2 is 2.07 bits per heavy atom. The van der Waals surface area contributed by atoms with Crippen molar-refractivity contribution >= 4 is 31.6 Å². The topological polar surface area (TPSA) is 56.1 Å². The summed E-state index contributed by atoms with van der Waals surface area (Å²) in [7, 11) is -3.28. The lowest BCUT2D eigenvalue weighted by Crippen LogP contribution is -2.13. The molecule has 6 heteroatoms. The van der Waals surface area contributed by atoms with E-state index in [9.17, 15) is 13.2 Å². The standard InChI is InChI=1S/C9H12BrNO3S/c1-7(12)8-3-4-9(15(2,13)14)11(8)6-5-10/h3-4H,5-6H2,1-2H3. The molecule has 0 fully saturated rings. The number of alkyl halides is 1. The molecule has 84 valence electrons. The molecular weight excluding hydrogens is 282 g/mol. The minimum Gasteiger partial charge on any atom is -0.328 e. The van der Waals surface area contributed by atoms with Gasteiger partial charge in [0.15, 0.2) is 15.6 Å². The Labute approximate surface area is 97.3 Å². The normalized spacial score (nSPS) is 11.7. The molecule has 1 rings (SSSR count). The van der Waals surface area contributed by atoms with E-state index in [1.165, 1.54) is 17.6 Å². The van der Waals surface area contributed by atoms with Crippen LogP contribution in [-0.4, -0.2) is 30.4 Å². The number of halogens is 1. The van der Waals surface area contributed by atoms with Crippen LogP contribution in [0.2, 0.25) is 0 Å². The third-order valence-corrected chi connectivity index (χ3v) is 3.46. The molecule has 0 unspecified atom stereocenters. The first kappa shape index (κ1) is 12.4. The van der Waals surface area contributed by atoms with Crippen molar-refractivity contribution in [3.05, 3.63) is 17.8 Å². The fraction of sp³-hybridized carbons (Fsp3) is 0.444. The van der Waals surface area contributed by atoms with E-state index in [4.69, 9.17) is 0 Å². The van der Waals surface area contributed by atoms with E-state index in [2.05, 4.69) is 15.9 Å². The highest BCUT2D eigenvalue weighted by molar-refractivity contribution is 9.09. The Hall–Kier alpha value is -0.620. The molecule has 0 saturated heterocycles. The van der Waals surface area contributed by atoms with Gasteiger partial charge in [-0.25, -0.2) is 8.42 Å². The van der Waals surface area contributed by atoms with E-state index in [0.29, 0.717) is 17.6 Å². The van der Waals surface area contributed by atoms with Gasteiger partial charge in [0, 0.05) is 25.1 Å². The van der Waals surface area contributed by atoms with Crippen molar-refractivity contribution in [2.75, 3.05) is 11.6 Å². The number of hydrogen-bond acceptors (Lipinski definition) is 3. The molecule has 0 N–H and O–H groups in total. The van der Waals surface area contributed by atoms with Crippen molar-refractivity contribution in [1.29, 1.82) is 0 Å². The molecule has 1 heterocycles. The number of sulfone groups is 1. The lowest BCUT2D eigenvalue weighted by atomic mass is 10.3. The zero-order chi connectivity index (χ0) is 11.6. The molecule has 0 aromatic carbocycles. The molecule has 0 aliphatic carbocycles. The van der Waals surface area contributed by atoms with E-state index in [1.807, 2.05) is 0 Å². The summed E-state index contributed by atoms with van der Waals surface area (Å²) < 4.78 is 24.4. The van der Waals surface area contributed by atoms with Crippen molar-refractivity contribution in [3.8, 4) is 0 Å². The number of Topliss-reactive ketones (excluding diaryl/α,β-unsaturated/α-hetero) is 1. The number of rotatable bonds is 4. The molecule has 15 heavy (non-hydrogen) atoms. The molecule has 1 aromatic rings. The van der Waals surface area contributed by atoms with E-state index < -0.39 is 9.84 Å². The fourth-order valence-corrected chi connectivity index (χ4v) is 2.66. The zero-order valence-corrected chi connectivity index (χ0v) is 10.9. The van der Waals surface area contributed by atoms with Crippen LogP contribution >= 0.6 is 15.9 Å². The predicted octanol–water partition coefficient (Wildman–Crippen LogP) is 1.49. The zero-order valence-electron chi connectivity index (χ0n) is 8.53. The van der Waals surface area contributed by atoms with Gasteiger partial charge in [-0.05, 0) is 12.1 Å². The first-order valence-electron chi connectivity index (χ1n) is 4.34. The lowest BCUT2D eigenvalue weighted by molar-refractivity contribution is 0.100. The molecule has 0 atom stereocenters. The maximum Gasteiger partial charge on any atom is 0.190 e. The molecule has 0 radical (unpaired) electrons. The van der Waals surface area contributed by atoms with Gasteiger partial charge in [-0.15, -0.1) is 0 Å². The highest BCUT2D eigenvalue weighted by Crippen LogP contribution is 2.15. The van der Waals surface area contributed by atoms with Crippen LogP contribution in [0.3, 0.4) is 0 Å². The van der Waals surface area contributed by atoms with Crippen molar-refractivity contribution in [2.24, 2.45) is 0 Å². The summed E-state index contributed by atoms with van der Waals surface area (Å²) in [6.07, 6.45) is 1.14. The van der Waals surface area contributed by atoms with Gasteiger partial charge in [0.05, 0.1) is 5.69 Å². The van der Waals surface area contributed by atoms with Crippen LogP contribution in [0.25, 0.3) is 0 Å². The highest BCUT2D eigenvalue weighted by Gasteiger charge is 2.17.